The number of nitrogens with zero attached hydrogens (tertiary/aromatic N) is 1. The third-order valence-corrected chi connectivity index (χ3v) is 3.79. The van der Waals surface area contributed by atoms with E-state index >= 15 is 0 Å². The highest BCUT2D eigenvalue weighted by molar-refractivity contribution is 6.03. The number of carbonyl (C=O) groups is 2. The molecule has 0 atom stereocenters. The van der Waals surface area contributed by atoms with Crippen LogP contribution in [0, 0.1) is 6.92 Å². The van der Waals surface area contributed by atoms with Crippen LogP contribution < -0.4 is 15.5 Å². The highest BCUT2D eigenvalue weighted by Crippen LogP contribution is 2.22. The van der Waals surface area contributed by atoms with Gasteiger partial charge in [0.2, 0.25) is 11.8 Å². The maximum atomic E-state index is 12.0. The molecule has 2 amide bonds. The number of nitrogens with one attached hydrogen (secondary N) is 2. The summed E-state index contributed by atoms with van der Waals surface area (Å²) in [6.07, 6.45) is 1.81. The van der Waals surface area contributed by atoms with Crippen molar-refractivity contribution in [2.45, 2.75) is 47.0 Å². The van der Waals surface area contributed by atoms with Crippen molar-refractivity contribution in [3.05, 3.63) is 23.8 Å². The summed E-state index contributed by atoms with van der Waals surface area (Å²) in [5, 5.41) is 5.56. The number of amides is 2. The highest BCUT2D eigenvalue weighted by Gasteiger charge is 2.11. The summed E-state index contributed by atoms with van der Waals surface area (Å²) in [6, 6.07) is 5.96. The fraction of sp³-hybridized carbons (Fsp3) is 0.556. The van der Waals surface area contributed by atoms with Gasteiger partial charge in [0.15, 0.2) is 0 Å². The molecule has 0 aliphatic heterocycles. The van der Waals surface area contributed by atoms with Gasteiger partial charge < -0.3 is 15.5 Å². The monoisotopic (exact) mass is 319 g/mol. The number of anilines is 2. The summed E-state index contributed by atoms with van der Waals surface area (Å²) in [5.74, 6) is -0.508. The molecule has 0 aromatic heterocycles. The molecule has 1 aromatic rings. The van der Waals surface area contributed by atoms with Crippen molar-refractivity contribution >= 4 is 23.2 Å². The van der Waals surface area contributed by atoms with Gasteiger partial charge in [-0.25, -0.2) is 0 Å². The van der Waals surface area contributed by atoms with Gasteiger partial charge in [-0.05, 0) is 51.0 Å². The summed E-state index contributed by atoms with van der Waals surface area (Å²) < 4.78 is 0. The van der Waals surface area contributed by atoms with Crippen molar-refractivity contribution < 1.29 is 9.59 Å². The number of rotatable bonds is 9. The van der Waals surface area contributed by atoms with E-state index in [0.29, 0.717) is 6.54 Å². The van der Waals surface area contributed by atoms with E-state index < -0.39 is 0 Å². The molecule has 0 aliphatic rings. The maximum Gasteiger partial charge on any atom is 0.233 e. The van der Waals surface area contributed by atoms with E-state index in [4.69, 9.17) is 0 Å². The fourth-order valence-corrected chi connectivity index (χ4v) is 2.38. The lowest BCUT2D eigenvalue weighted by Gasteiger charge is -2.22. The van der Waals surface area contributed by atoms with Crippen LogP contribution >= 0.6 is 0 Å². The van der Waals surface area contributed by atoms with Crippen LogP contribution in [0.5, 0.6) is 0 Å². The van der Waals surface area contributed by atoms with Crippen LogP contribution in [-0.4, -0.2) is 31.4 Å². The first-order valence-corrected chi connectivity index (χ1v) is 8.43. The molecule has 0 radical (unpaired) electrons. The molecule has 0 heterocycles. The van der Waals surface area contributed by atoms with Crippen molar-refractivity contribution in [2.75, 3.05) is 29.9 Å². The van der Waals surface area contributed by atoms with Crippen molar-refractivity contribution in [1.82, 2.24) is 5.32 Å². The molecule has 5 heteroatoms. The van der Waals surface area contributed by atoms with Crippen molar-refractivity contribution in [3.63, 3.8) is 0 Å². The molecule has 0 unspecified atom stereocenters. The van der Waals surface area contributed by atoms with Gasteiger partial charge in [0, 0.05) is 31.0 Å². The molecule has 1 aromatic carbocycles. The van der Waals surface area contributed by atoms with Crippen LogP contribution in [0.2, 0.25) is 0 Å². The fourth-order valence-electron chi connectivity index (χ4n) is 2.38. The first-order valence-electron chi connectivity index (χ1n) is 8.43. The van der Waals surface area contributed by atoms with E-state index in [-0.39, 0.29) is 18.2 Å². The SMILES string of the molecule is CCCCNC(=O)CC(=O)Nc1ccc(N(CC)CC)cc1C. The standard InChI is InChI=1S/C18H29N3O2/c1-5-8-11-19-17(22)13-18(23)20-16-10-9-15(12-14(16)4)21(6-2)7-3/h9-10,12H,5-8,11,13H2,1-4H3,(H,19,22)(H,20,23). The topological polar surface area (TPSA) is 61.4 Å². The first-order chi connectivity index (χ1) is 11.0. The molecule has 0 fully saturated rings. The summed E-state index contributed by atoms with van der Waals surface area (Å²) in [6.45, 7) is 10.8. The van der Waals surface area contributed by atoms with Gasteiger partial charge in [0.25, 0.3) is 0 Å². The number of unbranched alkanes of at least 4 members (excludes halogenated alkanes) is 1. The molecular weight excluding hydrogens is 290 g/mol. The maximum absolute atomic E-state index is 12.0. The minimum absolute atomic E-state index is 0.138. The van der Waals surface area contributed by atoms with Gasteiger partial charge in [-0.1, -0.05) is 13.3 Å². The molecule has 128 valence electrons. The molecule has 1 rings (SSSR count). The Morgan fingerprint density at radius 2 is 1.78 bits per heavy atom. The number of hydrogen-bond acceptors (Lipinski definition) is 3. The molecule has 0 spiro atoms. The Morgan fingerprint density at radius 3 is 2.35 bits per heavy atom. The average molecular weight is 319 g/mol. The predicted molar refractivity (Wildman–Crippen MR) is 95.9 cm³/mol. The van der Waals surface area contributed by atoms with Gasteiger partial charge in [-0.2, -0.15) is 0 Å². The zero-order chi connectivity index (χ0) is 17.2. The average Bonchev–Trinajstić information content (AvgIpc) is 2.51. The second kappa shape index (κ2) is 9.87. The molecule has 5 nitrogen and oxygen atoms in total. The van der Waals surface area contributed by atoms with Gasteiger partial charge in [-0.15, -0.1) is 0 Å². The zero-order valence-electron chi connectivity index (χ0n) is 14.7. The zero-order valence-corrected chi connectivity index (χ0v) is 14.7. The Kier molecular flexibility index (Phi) is 8.16. The first kappa shape index (κ1) is 19.0. The molecule has 0 aliphatic carbocycles. The van der Waals surface area contributed by atoms with E-state index in [1.165, 1.54) is 0 Å². The lowest BCUT2D eigenvalue weighted by molar-refractivity contribution is -0.126. The van der Waals surface area contributed by atoms with E-state index in [0.717, 1.165) is 42.9 Å². The minimum atomic E-state index is -0.280. The van der Waals surface area contributed by atoms with Crippen molar-refractivity contribution in [1.29, 1.82) is 0 Å². The molecule has 2 N–H and O–H groups in total. The van der Waals surface area contributed by atoms with E-state index in [9.17, 15) is 9.59 Å². The smallest absolute Gasteiger partial charge is 0.233 e. The van der Waals surface area contributed by atoms with E-state index in [2.05, 4.69) is 42.4 Å². The lowest BCUT2D eigenvalue weighted by Crippen LogP contribution is -2.29. The van der Waals surface area contributed by atoms with Crippen molar-refractivity contribution in [3.8, 4) is 0 Å². The number of aryl methyl sites for hydroxylation is 1. The third kappa shape index (κ3) is 6.30. The Labute approximate surface area is 139 Å². The highest BCUT2D eigenvalue weighted by atomic mass is 16.2. The number of hydrogen-bond donors (Lipinski definition) is 2. The summed E-state index contributed by atoms with van der Waals surface area (Å²) in [5.41, 5.74) is 2.89. The molecule has 23 heavy (non-hydrogen) atoms. The lowest BCUT2D eigenvalue weighted by atomic mass is 10.1. The Morgan fingerprint density at radius 1 is 1.09 bits per heavy atom. The van der Waals surface area contributed by atoms with Gasteiger partial charge in [-0.3, -0.25) is 9.59 Å². The summed E-state index contributed by atoms with van der Waals surface area (Å²) in [4.78, 5) is 25.9. The molecular formula is C18H29N3O2. The van der Waals surface area contributed by atoms with Gasteiger partial charge in [0.05, 0.1) is 0 Å². The number of carbonyl (C=O) groups excluding carboxylic acids is 2. The van der Waals surface area contributed by atoms with Crippen molar-refractivity contribution in [2.24, 2.45) is 0 Å². The summed E-state index contributed by atoms with van der Waals surface area (Å²) in [7, 11) is 0. The van der Waals surface area contributed by atoms with Crippen LogP contribution in [0.25, 0.3) is 0 Å². The Balaban J connectivity index is 2.60. The largest absolute Gasteiger partial charge is 0.372 e. The van der Waals surface area contributed by atoms with Crippen LogP contribution in [0.3, 0.4) is 0 Å². The van der Waals surface area contributed by atoms with Crippen LogP contribution in [0.15, 0.2) is 18.2 Å². The Bertz CT molecular complexity index is 525. The van der Waals surface area contributed by atoms with Gasteiger partial charge in [0.1, 0.15) is 6.42 Å². The second-order valence-electron chi connectivity index (χ2n) is 5.60. The van der Waals surface area contributed by atoms with Crippen LogP contribution in [-0.2, 0) is 9.59 Å². The second-order valence-corrected chi connectivity index (χ2v) is 5.60. The van der Waals surface area contributed by atoms with E-state index in [1.807, 2.05) is 19.1 Å². The van der Waals surface area contributed by atoms with Crippen LogP contribution in [0.1, 0.15) is 45.6 Å². The van der Waals surface area contributed by atoms with Crippen LogP contribution in [0.4, 0.5) is 11.4 Å². The summed E-state index contributed by atoms with van der Waals surface area (Å²) >= 11 is 0. The van der Waals surface area contributed by atoms with E-state index in [1.54, 1.807) is 0 Å². The Hall–Kier alpha value is -2.04. The minimum Gasteiger partial charge on any atom is -0.372 e. The molecule has 0 bridgehead atoms. The molecule has 0 saturated heterocycles. The van der Waals surface area contributed by atoms with Gasteiger partial charge >= 0.3 is 0 Å². The molecule has 0 saturated carbocycles. The third-order valence-electron chi connectivity index (χ3n) is 3.79. The number of benzene rings is 1. The quantitative estimate of drug-likeness (QED) is 0.543. The normalized spacial score (nSPS) is 10.3. The predicted octanol–water partition coefficient (Wildman–Crippen LogP) is 3.09.